The first-order valence-electron chi connectivity index (χ1n) is 4.58. The molecule has 0 aromatic carbocycles. The van der Waals surface area contributed by atoms with Crippen molar-refractivity contribution in [3.8, 4) is 0 Å². The van der Waals surface area contributed by atoms with Crippen LogP contribution in [0.3, 0.4) is 0 Å². The van der Waals surface area contributed by atoms with Gasteiger partial charge in [-0.15, -0.1) is 0 Å². The molecule has 0 saturated carbocycles. The lowest BCUT2D eigenvalue weighted by atomic mass is 10.2. The first-order valence-corrected chi connectivity index (χ1v) is 4.58. The van der Waals surface area contributed by atoms with Crippen LogP contribution in [0.15, 0.2) is 6.07 Å². The van der Waals surface area contributed by atoms with E-state index in [4.69, 9.17) is 5.73 Å². The third kappa shape index (κ3) is 2.48. The third-order valence-corrected chi connectivity index (χ3v) is 1.80. The highest BCUT2D eigenvalue weighted by molar-refractivity contribution is 5.93. The molecular weight excluding hydrogens is 180 g/mol. The summed E-state index contributed by atoms with van der Waals surface area (Å²) in [6.45, 7) is 4.74. The summed E-state index contributed by atoms with van der Waals surface area (Å²) in [5.74, 6) is 0.664. The van der Waals surface area contributed by atoms with Gasteiger partial charge in [0, 0.05) is 19.7 Å². The number of nitrogens with two attached hydrogens (primary N) is 1. The van der Waals surface area contributed by atoms with Crippen molar-refractivity contribution >= 4 is 11.7 Å². The minimum atomic E-state index is -0.134. The van der Waals surface area contributed by atoms with Crippen molar-refractivity contribution in [1.29, 1.82) is 0 Å². The predicted octanol–water partition coefficient (Wildman–Crippen LogP) is 0.388. The summed E-state index contributed by atoms with van der Waals surface area (Å²) in [5.41, 5.74) is 5.95. The van der Waals surface area contributed by atoms with Crippen molar-refractivity contribution in [2.45, 2.75) is 13.8 Å². The molecule has 0 saturated heterocycles. The Kier molecular flexibility index (Phi) is 3.11. The largest absolute Gasteiger partial charge is 0.382 e. The van der Waals surface area contributed by atoms with Crippen LogP contribution in [-0.2, 0) is 7.05 Å². The van der Waals surface area contributed by atoms with Crippen LogP contribution >= 0.6 is 0 Å². The molecule has 5 heteroatoms. The molecular formula is C9H16N4O. The van der Waals surface area contributed by atoms with Crippen LogP contribution in [0.4, 0.5) is 5.82 Å². The van der Waals surface area contributed by atoms with Gasteiger partial charge < -0.3 is 11.1 Å². The standard InChI is InChI=1S/C9H16N4O/c1-6(2)5-11-9(14)7-4-8(10)12-13(7)3/h4,6H,5H2,1-3H3,(H2,10,12)(H,11,14). The Morgan fingerprint density at radius 2 is 2.36 bits per heavy atom. The van der Waals surface area contributed by atoms with Gasteiger partial charge in [0.25, 0.3) is 5.91 Å². The number of aryl methyl sites for hydroxylation is 1. The van der Waals surface area contributed by atoms with E-state index in [2.05, 4.69) is 10.4 Å². The van der Waals surface area contributed by atoms with Gasteiger partial charge in [-0.3, -0.25) is 9.48 Å². The number of rotatable bonds is 3. The third-order valence-electron chi connectivity index (χ3n) is 1.80. The second-order valence-electron chi connectivity index (χ2n) is 3.68. The number of nitrogens with zero attached hydrogens (tertiary/aromatic N) is 2. The van der Waals surface area contributed by atoms with E-state index in [1.165, 1.54) is 4.68 Å². The van der Waals surface area contributed by atoms with E-state index in [-0.39, 0.29) is 5.91 Å². The number of aromatic nitrogens is 2. The van der Waals surface area contributed by atoms with E-state index in [1.54, 1.807) is 13.1 Å². The van der Waals surface area contributed by atoms with Crippen LogP contribution in [0.2, 0.25) is 0 Å². The molecule has 1 aromatic heterocycles. The Balaban J connectivity index is 2.65. The minimum Gasteiger partial charge on any atom is -0.382 e. The van der Waals surface area contributed by atoms with Crippen molar-refractivity contribution in [2.75, 3.05) is 12.3 Å². The Morgan fingerprint density at radius 1 is 1.71 bits per heavy atom. The fourth-order valence-electron chi connectivity index (χ4n) is 1.09. The molecule has 78 valence electrons. The Bertz CT molecular complexity index is 330. The summed E-state index contributed by atoms with van der Waals surface area (Å²) in [7, 11) is 1.70. The van der Waals surface area contributed by atoms with Crippen LogP contribution in [0.1, 0.15) is 24.3 Å². The summed E-state index contributed by atoms with van der Waals surface area (Å²) in [5, 5.41) is 6.69. The lowest BCUT2D eigenvalue weighted by molar-refractivity contribution is 0.0939. The normalized spacial score (nSPS) is 10.6. The number of amides is 1. The predicted molar refractivity (Wildman–Crippen MR) is 54.8 cm³/mol. The zero-order valence-corrected chi connectivity index (χ0v) is 8.74. The van der Waals surface area contributed by atoms with E-state index >= 15 is 0 Å². The van der Waals surface area contributed by atoms with Crippen molar-refractivity contribution in [2.24, 2.45) is 13.0 Å². The topological polar surface area (TPSA) is 72.9 Å². The molecule has 0 aliphatic rings. The summed E-state index contributed by atoms with van der Waals surface area (Å²) in [6.07, 6.45) is 0. The van der Waals surface area contributed by atoms with Crippen molar-refractivity contribution < 1.29 is 4.79 Å². The number of nitrogens with one attached hydrogen (secondary N) is 1. The van der Waals surface area contributed by atoms with Crippen LogP contribution in [0.5, 0.6) is 0 Å². The van der Waals surface area contributed by atoms with Crippen LogP contribution in [0.25, 0.3) is 0 Å². The molecule has 1 amide bonds. The van der Waals surface area contributed by atoms with E-state index in [0.29, 0.717) is 24.0 Å². The SMILES string of the molecule is CC(C)CNC(=O)c1cc(N)nn1C. The molecule has 14 heavy (non-hydrogen) atoms. The summed E-state index contributed by atoms with van der Waals surface area (Å²) in [4.78, 5) is 11.6. The van der Waals surface area contributed by atoms with Crippen LogP contribution < -0.4 is 11.1 Å². The molecule has 3 N–H and O–H groups in total. The van der Waals surface area contributed by atoms with Gasteiger partial charge in [0.2, 0.25) is 0 Å². The van der Waals surface area contributed by atoms with Crippen LogP contribution in [0, 0.1) is 5.92 Å². The first kappa shape index (κ1) is 10.6. The van der Waals surface area contributed by atoms with E-state index in [1.807, 2.05) is 13.8 Å². The number of anilines is 1. The quantitative estimate of drug-likeness (QED) is 0.734. The van der Waals surface area contributed by atoms with Crippen molar-refractivity contribution in [3.63, 3.8) is 0 Å². The Hall–Kier alpha value is -1.52. The molecule has 1 heterocycles. The van der Waals surface area contributed by atoms with Crippen molar-refractivity contribution in [3.05, 3.63) is 11.8 Å². The first-order chi connectivity index (χ1) is 6.50. The number of carbonyl (C=O) groups is 1. The molecule has 0 aliphatic carbocycles. The molecule has 0 unspecified atom stereocenters. The number of carbonyl (C=O) groups excluding carboxylic acids is 1. The molecule has 5 nitrogen and oxygen atoms in total. The highest BCUT2D eigenvalue weighted by Crippen LogP contribution is 2.03. The highest BCUT2D eigenvalue weighted by atomic mass is 16.2. The fourth-order valence-corrected chi connectivity index (χ4v) is 1.09. The molecule has 0 atom stereocenters. The van der Waals surface area contributed by atoms with Gasteiger partial charge in [0.1, 0.15) is 11.5 Å². The van der Waals surface area contributed by atoms with E-state index < -0.39 is 0 Å². The number of nitrogen functional groups attached to an aromatic ring is 1. The summed E-state index contributed by atoms with van der Waals surface area (Å²) < 4.78 is 1.48. The van der Waals surface area contributed by atoms with Gasteiger partial charge >= 0.3 is 0 Å². The van der Waals surface area contributed by atoms with Crippen molar-refractivity contribution in [1.82, 2.24) is 15.1 Å². The lowest BCUT2D eigenvalue weighted by Crippen LogP contribution is -2.28. The smallest absolute Gasteiger partial charge is 0.269 e. The molecule has 0 fully saturated rings. The maximum absolute atomic E-state index is 11.6. The Labute approximate surface area is 83.3 Å². The second kappa shape index (κ2) is 4.13. The van der Waals surface area contributed by atoms with Gasteiger partial charge in [0.05, 0.1) is 0 Å². The average molecular weight is 196 g/mol. The number of hydrogen-bond donors (Lipinski definition) is 2. The minimum absolute atomic E-state index is 0.134. The van der Waals surface area contributed by atoms with Gasteiger partial charge in [-0.05, 0) is 5.92 Å². The lowest BCUT2D eigenvalue weighted by Gasteiger charge is -2.06. The molecule has 1 aromatic rings. The molecule has 0 bridgehead atoms. The Morgan fingerprint density at radius 3 is 2.79 bits per heavy atom. The maximum atomic E-state index is 11.6. The summed E-state index contributed by atoms with van der Waals surface area (Å²) >= 11 is 0. The molecule has 0 spiro atoms. The average Bonchev–Trinajstić information content (AvgIpc) is 2.41. The molecule has 0 radical (unpaired) electrons. The van der Waals surface area contributed by atoms with Gasteiger partial charge in [-0.25, -0.2) is 0 Å². The monoisotopic (exact) mass is 196 g/mol. The zero-order valence-electron chi connectivity index (χ0n) is 8.74. The number of hydrogen-bond acceptors (Lipinski definition) is 3. The van der Waals surface area contributed by atoms with Gasteiger partial charge in [0.15, 0.2) is 0 Å². The zero-order chi connectivity index (χ0) is 10.7. The molecule has 0 aliphatic heterocycles. The second-order valence-corrected chi connectivity index (χ2v) is 3.68. The maximum Gasteiger partial charge on any atom is 0.269 e. The van der Waals surface area contributed by atoms with E-state index in [0.717, 1.165) is 0 Å². The fraction of sp³-hybridized carbons (Fsp3) is 0.556. The highest BCUT2D eigenvalue weighted by Gasteiger charge is 2.11. The van der Waals surface area contributed by atoms with Gasteiger partial charge in [-0.2, -0.15) is 5.10 Å². The molecule has 1 rings (SSSR count). The van der Waals surface area contributed by atoms with E-state index in [9.17, 15) is 4.79 Å². The summed E-state index contributed by atoms with van der Waals surface area (Å²) in [6, 6.07) is 1.57. The van der Waals surface area contributed by atoms with Gasteiger partial charge in [-0.1, -0.05) is 13.8 Å². The van der Waals surface area contributed by atoms with Crippen LogP contribution in [-0.4, -0.2) is 22.2 Å².